The first kappa shape index (κ1) is 20.5. The quantitative estimate of drug-likeness (QED) is 0.376. The number of benzene rings is 3. The molecule has 6 nitrogen and oxygen atoms in total. The van der Waals surface area contributed by atoms with Gasteiger partial charge in [0.15, 0.2) is 0 Å². The second-order valence-electron chi connectivity index (χ2n) is 6.93. The van der Waals surface area contributed by atoms with E-state index < -0.39 is 11.9 Å². The average molecular weight is 431 g/mol. The summed E-state index contributed by atoms with van der Waals surface area (Å²) >= 11 is 6.11. The predicted molar refractivity (Wildman–Crippen MR) is 123 cm³/mol. The third kappa shape index (κ3) is 4.25. The van der Waals surface area contributed by atoms with Gasteiger partial charge in [-0.15, -0.1) is 0 Å². The van der Waals surface area contributed by atoms with E-state index in [4.69, 9.17) is 11.6 Å². The van der Waals surface area contributed by atoms with Crippen LogP contribution in [0.25, 0.3) is 22.3 Å². The van der Waals surface area contributed by atoms with Crippen LogP contribution in [0.1, 0.15) is 18.5 Å². The second kappa shape index (κ2) is 8.93. The maximum Gasteiger partial charge on any atom is 0.263 e. The van der Waals surface area contributed by atoms with E-state index in [0.717, 1.165) is 5.56 Å². The van der Waals surface area contributed by atoms with Gasteiger partial charge >= 0.3 is 0 Å². The number of para-hydroxylation sites is 1. The molecule has 0 saturated carbocycles. The highest BCUT2D eigenvalue weighted by atomic mass is 35.5. The maximum absolute atomic E-state index is 13.3. The Kier molecular flexibility index (Phi) is 5.91. The minimum absolute atomic E-state index is 0.290. The van der Waals surface area contributed by atoms with Gasteiger partial charge in [0.25, 0.3) is 11.5 Å². The molecule has 1 unspecified atom stereocenters. The van der Waals surface area contributed by atoms with Crippen molar-refractivity contribution in [3.8, 4) is 11.4 Å². The van der Waals surface area contributed by atoms with Gasteiger partial charge in [-0.05, 0) is 25.1 Å². The zero-order chi connectivity index (χ0) is 21.8. The Hall–Kier alpha value is -3.77. The number of hydrogen-bond donors (Lipinski definition) is 1. The molecule has 0 fully saturated rings. The van der Waals surface area contributed by atoms with Crippen molar-refractivity contribution in [2.75, 3.05) is 0 Å². The van der Waals surface area contributed by atoms with Crippen molar-refractivity contribution in [1.29, 1.82) is 0 Å². The Morgan fingerprint density at radius 2 is 1.71 bits per heavy atom. The van der Waals surface area contributed by atoms with Crippen LogP contribution in [0.2, 0.25) is 5.02 Å². The molecule has 0 spiro atoms. The molecule has 4 aromatic rings. The minimum Gasteiger partial charge on any atom is -0.280 e. The van der Waals surface area contributed by atoms with Crippen LogP contribution in [0.5, 0.6) is 0 Å². The number of nitrogens with one attached hydrogen (secondary N) is 1. The van der Waals surface area contributed by atoms with Crippen LogP contribution in [0.3, 0.4) is 0 Å². The van der Waals surface area contributed by atoms with Crippen LogP contribution in [0.4, 0.5) is 0 Å². The molecule has 3 aromatic carbocycles. The maximum atomic E-state index is 13.3. The number of rotatable bonds is 5. The third-order valence-corrected chi connectivity index (χ3v) is 5.23. The highest BCUT2D eigenvalue weighted by Gasteiger charge is 2.22. The second-order valence-corrected chi connectivity index (χ2v) is 7.33. The van der Waals surface area contributed by atoms with Gasteiger partial charge in [0, 0.05) is 16.1 Å². The summed E-state index contributed by atoms with van der Waals surface area (Å²) < 4.78 is 1.40. The summed E-state index contributed by atoms with van der Waals surface area (Å²) in [5, 5.41) is 4.97. The van der Waals surface area contributed by atoms with Crippen molar-refractivity contribution in [1.82, 2.24) is 15.0 Å². The summed E-state index contributed by atoms with van der Waals surface area (Å²) in [4.78, 5) is 30.8. The summed E-state index contributed by atoms with van der Waals surface area (Å²) in [5.41, 5.74) is 4.19. The minimum atomic E-state index is -0.844. The lowest BCUT2D eigenvalue weighted by Crippen LogP contribution is -2.35. The van der Waals surface area contributed by atoms with E-state index in [2.05, 4.69) is 15.5 Å². The van der Waals surface area contributed by atoms with Crippen LogP contribution in [0.15, 0.2) is 88.8 Å². The molecule has 1 heterocycles. The van der Waals surface area contributed by atoms with Crippen molar-refractivity contribution < 1.29 is 4.79 Å². The van der Waals surface area contributed by atoms with E-state index in [1.807, 2.05) is 48.5 Å². The van der Waals surface area contributed by atoms with Gasteiger partial charge in [0.2, 0.25) is 0 Å². The Morgan fingerprint density at radius 3 is 2.48 bits per heavy atom. The summed E-state index contributed by atoms with van der Waals surface area (Å²) in [6.45, 7) is 1.64. The van der Waals surface area contributed by atoms with E-state index in [-0.39, 0.29) is 5.56 Å². The zero-order valence-corrected chi connectivity index (χ0v) is 17.5. The molecule has 0 aliphatic rings. The lowest BCUT2D eigenvalue weighted by atomic mass is 10.1. The molecule has 0 aliphatic heterocycles. The monoisotopic (exact) mass is 430 g/mol. The van der Waals surface area contributed by atoms with Crippen LogP contribution in [0, 0.1) is 0 Å². The van der Waals surface area contributed by atoms with E-state index in [0.29, 0.717) is 27.3 Å². The Bertz CT molecular complexity index is 1330. The molecular formula is C24H19ClN4O2. The van der Waals surface area contributed by atoms with E-state index >= 15 is 0 Å². The number of aromatic nitrogens is 2. The van der Waals surface area contributed by atoms with Gasteiger partial charge in [-0.3, -0.25) is 14.2 Å². The summed E-state index contributed by atoms with van der Waals surface area (Å²) in [6.07, 6.45) is 1.46. The molecule has 1 atom stereocenters. The number of halogens is 1. The molecule has 1 N–H and O–H groups in total. The first-order valence-electron chi connectivity index (χ1n) is 9.70. The van der Waals surface area contributed by atoms with Crippen LogP contribution < -0.4 is 11.0 Å². The van der Waals surface area contributed by atoms with Crippen molar-refractivity contribution in [2.24, 2.45) is 5.10 Å². The van der Waals surface area contributed by atoms with Gasteiger partial charge in [-0.25, -0.2) is 10.4 Å². The van der Waals surface area contributed by atoms with Gasteiger partial charge in [-0.2, -0.15) is 5.10 Å². The van der Waals surface area contributed by atoms with Crippen molar-refractivity contribution in [2.45, 2.75) is 13.0 Å². The fourth-order valence-corrected chi connectivity index (χ4v) is 3.44. The number of carbonyl (C=O) groups excluding carboxylic acids is 1. The normalized spacial score (nSPS) is 12.2. The standard InChI is InChI=1S/C24H19ClN4O2/c1-16(23(30)28-26-15-18-11-5-7-13-20(18)25)29-22(17-9-3-2-4-10-17)27-21-14-8-6-12-19(21)24(29)31/h2-16H,1H3,(H,28,30). The number of hydrogen-bond acceptors (Lipinski definition) is 4. The molecule has 1 aromatic heterocycles. The first-order valence-corrected chi connectivity index (χ1v) is 10.1. The molecule has 0 bridgehead atoms. The fourth-order valence-electron chi connectivity index (χ4n) is 3.25. The predicted octanol–water partition coefficient (Wildman–Crippen LogP) is 4.43. The molecule has 0 saturated heterocycles. The number of amides is 1. The van der Waals surface area contributed by atoms with Gasteiger partial charge in [0.05, 0.1) is 17.1 Å². The molecule has 154 valence electrons. The molecule has 7 heteroatoms. The highest BCUT2D eigenvalue weighted by molar-refractivity contribution is 6.33. The molecule has 0 radical (unpaired) electrons. The average Bonchev–Trinajstić information content (AvgIpc) is 2.80. The Balaban J connectivity index is 1.72. The smallest absolute Gasteiger partial charge is 0.263 e. The lowest BCUT2D eigenvalue weighted by molar-refractivity contribution is -0.123. The van der Waals surface area contributed by atoms with Crippen LogP contribution in [-0.4, -0.2) is 21.7 Å². The van der Waals surface area contributed by atoms with Crippen molar-refractivity contribution in [3.05, 3.63) is 99.8 Å². The van der Waals surface area contributed by atoms with Gasteiger partial charge in [0.1, 0.15) is 11.9 Å². The Labute approximate surface area is 183 Å². The fraction of sp³-hybridized carbons (Fsp3) is 0.0833. The Morgan fingerprint density at radius 1 is 1.03 bits per heavy atom. The summed E-state index contributed by atoms with van der Waals surface area (Å²) in [7, 11) is 0. The van der Waals surface area contributed by atoms with Crippen molar-refractivity contribution in [3.63, 3.8) is 0 Å². The molecular weight excluding hydrogens is 412 g/mol. The summed E-state index contributed by atoms with van der Waals surface area (Å²) in [5.74, 6) is -0.0262. The number of carbonyl (C=O) groups is 1. The molecule has 0 aliphatic carbocycles. The third-order valence-electron chi connectivity index (χ3n) is 4.89. The van der Waals surface area contributed by atoms with E-state index in [9.17, 15) is 9.59 Å². The van der Waals surface area contributed by atoms with Crippen molar-refractivity contribution >= 4 is 34.6 Å². The largest absolute Gasteiger partial charge is 0.280 e. The number of hydrazone groups is 1. The van der Waals surface area contributed by atoms with Crippen LogP contribution >= 0.6 is 11.6 Å². The number of nitrogens with zero attached hydrogens (tertiary/aromatic N) is 3. The van der Waals surface area contributed by atoms with E-state index in [1.165, 1.54) is 10.8 Å². The van der Waals surface area contributed by atoms with E-state index in [1.54, 1.807) is 37.3 Å². The number of fused-ring (bicyclic) bond motifs is 1. The topological polar surface area (TPSA) is 76.3 Å². The lowest BCUT2D eigenvalue weighted by Gasteiger charge is -2.18. The van der Waals surface area contributed by atoms with Crippen LogP contribution in [-0.2, 0) is 4.79 Å². The van der Waals surface area contributed by atoms with Gasteiger partial charge in [-0.1, -0.05) is 72.3 Å². The SMILES string of the molecule is CC(C(=O)NN=Cc1ccccc1Cl)n1c(-c2ccccc2)nc2ccccc2c1=O. The molecule has 1 amide bonds. The summed E-state index contributed by atoms with van der Waals surface area (Å²) in [6, 6.07) is 22.7. The highest BCUT2D eigenvalue weighted by Crippen LogP contribution is 2.22. The first-order chi connectivity index (χ1) is 15.1. The zero-order valence-electron chi connectivity index (χ0n) is 16.7. The van der Waals surface area contributed by atoms with Gasteiger partial charge < -0.3 is 0 Å². The molecule has 4 rings (SSSR count). The molecule has 31 heavy (non-hydrogen) atoms.